The van der Waals surface area contributed by atoms with E-state index in [0.717, 1.165) is 41.8 Å². The van der Waals surface area contributed by atoms with Gasteiger partial charge in [0.05, 0.1) is 11.6 Å². The molecule has 4 nitrogen and oxygen atoms in total. The molecule has 1 aliphatic rings. The third-order valence-corrected chi connectivity index (χ3v) is 6.31. The number of rotatable bonds is 5. The van der Waals surface area contributed by atoms with Gasteiger partial charge in [0.2, 0.25) is 0 Å². The number of aromatic amines is 1. The van der Waals surface area contributed by atoms with Crippen molar-refractivity contribution in [2.75, 3.05) is 10.6 Å². The molecule has 1 atom stereocenters. The van der Waals surface area contributed by atoms with Crippen molar-refractivity contribution in [1.29, 1.82) is 0 Å². The van der Waals surface area contributed by atoms with Crippen molar-refractivity contribution in [2.45, 2.75) is 25.4 Å². The van der Waals surface area contributed by atoms with Crippen molar-refractivity contribution >= 4 is 33.3 Å². The Morgan fingerprint density at radius 3 is 2.90 bits per heavy atom. The van der Waals surface area contributed by atoms with Crippen LogP contribution in [-0.4, -0.2) is 9.97 Å². The molecule has 31 heavy (non-hydrogen) atoms. The maximum atomic E-state index is 4.86. The second-order valence-corrected chi connectivity index (χ2v) is 8.25. The Labute approximate surface area is 181 Å². The zero-order valence-corrected chi connectivity index (χ0v) is 17.2. The van der Waals surface area contributed by atoms with Crippen molar-refractivity contribution in [3.8, 4) is 0 Å². The van der Waals surface area contributed by atoms with Crippen LogP contribution in [0.4, 0.5) is 11.5 Å². The Morgan fingerprint density at radius 2 is 1.90 bits per heavy atom. The summed E-state index contributed by atoms with van der Waals surface area (Å²) in [7, 11) is 0. The quantitative estimate of drug-likeness (QED) is 0.316. The highest BCUT2D eigenvalue weighted by Gasteiger charge is 2.21. The Hall–Kier alpha value is -3.79. The van der Waals surface area contributed by atoms with Gasteiger partial charge in [0.25, 0.3) is 0 Å². The number of aromatic nitrogens is 2. The zero-order valence-electron chi connectivity index (χ0n) is 17.2. The molecular formula is C27H24N4. The second-order valence-electron chi connectivity index (χ2n) is 8.25. The van der Waals surface area contributed by atoms with Gasteiger partial charge in [-0.25, -0.2) is 4.98 Å². The predicted octanol–water partition coefficient (Wildman–Crippen LogP) is 6.43. The van der Waals surface area contributed by atoms with Gasteiger partial charge in [0.1, 0.15) is 5.82 Å². The molecule has 1 aliphatic carbocycles. The van der Waals surface area contributed by atoms with Gasteiger partial charge in [-0.05, 0) is 72.0 Å². The fourth-order valence-electron chi connectivity index (χ4n) is 4.70. The molecule has 2 heterocycles. The molecule has 0 spiro atoms. The Balaban J connectivity index is 1.19. The van der Waals surface area contributed by atoms with Crippen molar-refractivity contribution in [2.24, 2.45) is 0 Å². The number of nitrogens with one attached hydrogen (secondary N) is 3. The van der Waals surface area contributed by atoms with E-state index >= 15 is 0 Å². The molecule has 0 fully saturated rings. The predicted molar refractivity (Wildman–Crippen MR) is 128 cm³/mol. The van der Waals surface area contributed by atoms with Crippen LogP contribution in [0.2, 0.25) is 0 Å². The number of hydrogen-bond donors (Lipinski definition) is 3. The molecule has 0 radical (unpaired) electrons. The number of H-pyrrole nitrogens is 1. The number of pyridine rings is 1. The van der Waals surface area contributed by atoms with Crippen LogP contribution in [0.25, 0.3) is 21.8 Å². The average Bonchev–Trinajstić information content (AvgIpc) is 3.45. The summed E-state index contributed by atoms with van der Waals surface area (Å²) in [5.41, 5.74) is 7.43. The first-order valence-corrected chi connectivity index (χ1v) is 10.9. The van der Waals surface area contributed by atoms with E-state index in [1.165, 1.54) is 27.6 Å². The van der Waals surface area contributed by atoms with Crippen LogP contribution in [0, 0.1) is 0 Å². The smallest absolute Gasteiger partial charge is 0.127 e. The van der Waals surface area contributed by atoms with Gasteiger partial charge in [-0.1, -0.05) is 36.4 Å². The first kappa shape index (κ1) is 18.0. The third kappa shape index (κ3) is 3.40. The van der Waals surface area contributed by atoms with Crippen LogP contribution in [0.3, 0.4) is 0 Å². The van der Waals surface area contributed by atoms with E-state index in [-0.39, 0.29) is 0 Å². The largest absolute Gasteiger partial charge is 0.381 e. The van der Waals surface area contributed by atoms with Crippen LogP contribution in [-0.2, 0) is 13.0 Å². The summed E-state index contributed by atoms with van der Waals surface area (Å²) >= 11 is 0. The maximum Gasteiger partial charge on any atom is 0.127 e. The molecule has 0 unspecified atom stereocenters. The Bertz CT molecular complexity index is 1380. The Morgan fingerprint density at radius 1 is 0.935 bits per heavy atom. The first-order valence-electron chi connectivity index (χ1n) is 10.9. The van der Waals surface area contributed by atoms with Gasteiger partial charge in [-0.15, -0.1) is 0 Å². The van der Waals surface area contributed by atoms with Crippen LogP contribution in [0.5, 0.6) is 0 Å². The minimum absolute atomic E-state index is 0.346. The summed E-state index contributed by atoms with van der Waals surface area (Å²) in [6, 6.07) is 28.2. The molecule has 2 aromatic heterocycles. The summed E-state index contributed by atoms with van der Waals surface area (Å²) in [4.78, 5) is 8.14. The fraction of sp³-hybridized carbons (Fsp3) is 0.148. The van der Waals surface area contributed by atoms with Crippen molar-refractivity contribution < 1.29 is 0 Å². The number of aryl methyl sites for hydroxylation is 1. The van der Waals surface area contributed by atoms with E-state index in [9.17, 15) is 0 Å². The summed E-state index contributed by atoms with van der Waals surface area (Å²) in [6.45, 7) is 0.787. The topological polar surface area (TPSA) is 52.7 Å². The lowest BCUT2D eigenvalue weighted by Crippen LogP contribution is -2.08. The second kappa shape index (κ2) is 7.47. The average molecular weight is 405 g/mol. The lowest BCUT2D eigenvalue weighted by Gasteiger charge is -2.15. The number of hydrogen-bond acceptors (Lipinski definition) is 3. The lowest BCUT2D eigenvalue weighted by molar-refractivity contribution is 0.758. The number of fused-ring (bicyclic) bond motifs is 3. The van der Waals surface area contributed by atoms with Crippen molar-refractivity contribution in [1.82, 2.24) is 9.97 Å². The van der Waals surface area contributed by atoms with E-state index in [2.05, 4.69) is 94.5 Å². The summed E-state index contributed by atoms with van der Waals surface area (Å²) in [6.07, 6.45) is 4.24. The van der Waals surface area contributed by atoms with Gasteiger partial charge in [-0.2, -0.15) is 0 Å². The lowest BCUT2D eigenvalue weighted by atomic mass is 10.1. The molecular weight excluding hydrogens is 380 g/mol. The van der Waals surface area contributed by atoms with Crippen molar-refractivity contribution in [3.63, 3.8) is 0 Å². The van der Waals surface area contributed by atoms with Crippen LogP contribution < -0.4 is 10.6 Å². The van der Waals surface area contributed by atoms with E-state index in [1.807, 2.05) is 6.20 Å². The van der Waals surface area contributed by atoms with Crippen LogP contribution in [0.15, 0.2) is 85.1 Å². The minimum Gasteiger partial charge on any atom is -0.381 e. The normalized spacial score (nSPS) is 15.3. The van der Waals surface area contributed by atoms with E-state index < -0.39 is 0 Å². The standard InChI is InChI=1S/C27H24N4/c1-2-6-22-18(4-1)8-11-26(22)31-27-13-9-19-16-21(10-12-24(19)30-27)29-17-20-5-3-7-25-23(20)14-15-28-25/h1-7,9-10,12-16,26,28-29H,8,11,17H2,(H,30,31)/t26-/m1/s1. The SMILES string of the molecule is c1ccc2c(c1)CC[C@H]2Nc1ccc2cc(NCc3cccc4[nH]ccc34)ccc2n1. The monoisotopic (exact) mass is 404 g/mol. The number of anilines is 2. The van der Waals surface area contributed by atoms with Crippen LogP contribution >= 0.6 is 0 Å². The summed E-state index contributed by atoms with van der Waals surface area (Å²) < 4.78 is 0. The van der Waals surface area contributed by atoms with Gasteiger partial charge in [-0.3, -0.25) is 0 Å². The minimum atomic E-state index is 0.346. The van der Waals surface area contributed by atoms with E-state index in [1.54, 1.807) is 0 Å². The van der Waals surface area contributed by atoms with Gasteiger partial charge < -0.3 is 15.6 Å². The third-order valence-electron chi connectivity index (χ3n) is 6.31. The molecule has 152 valence electrons. The molecule has 3 aromatic carbocycles. The summed E-state index contributed by atoms with van der Waals surface area (Å²) in [5, 5.41) is 9.60. The molecule has 3 N–H and O–H groups in total. The van der Waals surface area contributed by atoms with E-state index in [0.29, 0.717) is 6.04 Å². The Kier molecular flexibility index (Phi) is 4.34. The molecule has 0 amide bonds. The maximum absolute atomic E-state index is 4.86. The highest BCUT2D eigenvalue weighted by molar-refractivity contribution is 5.85. The first-order chi connectivity index (χ1) is 15.3. The molecule has 0 saturated carbocycles. The molecule has 4 heteroatoms. The van der Waals surface area contributed by atoms with Crippen molar-refractivity contribution in [3.05, 3.63) is 102 Å². The van der Waals surface area contributed by atoms with E-state index in [4.69, 9.17) is 4.98 Å². The fourth-order valence-corrected chi connectivity index (χ4v) is 4.70. The zero-order chi connectivity index (χ0) is 20.6. The highest BCUT2D eigenvalue weighted by atomic mass is 15.0. The molecule has 0 aliphatic heterocycles. The number of nitrogens with zero attached hydrogens (tertiary/aromatic N) is 1. The van der Waals surface area contributed by atoms with Gasteiger partial charge >= 0.3 is 0 Å². The van der Waals surface area contributed by atoms with Crippen LogP contribution in [0.1, 0.15) is 29.2 Å². The highest BCUT2D eigenvalue weighted by Crippen LogP contribution is 2.33. The molecule has 5 aromatic rings. The summed E-state index contributed by atoms with van der Waals surface area (Å²) in [5.74, 6) is 0.939. The van der Waals surface area contributed by atoms with Gasteiger partial charge in [0.15, 0.2) is 0 Å². The number of benzene rings is 3. The molecule has 6 rings (SSSR count). The molecule has 0 saturated heterocycles. The van der Waals surface area contributed by atoms with Gasteiger partial charge in [0, 0.05) is 34.7 Å². The molecule has 0 bridgehead atoms.